The fourth-order valence-electron chi connectivity index (χ4n) is 1.59. The van der Waals surface area contributed by atoms with Gasteiger partial charge in [0, 0.05) is 11.7 Å². The highest BCUT2D eigenvalue weighted by atomic mass is 32.2. The third-order valence-corrected chi connectivity index (χ3v) is 4.69. The Balaban J connectivity index is 2.04. The molecule has 3 N–H and O–H groups in total. The molecule has 0 aliphatic heterocycles. The predicted molar refractivity (Wildman–Crippen MR) is 76.9 cm³/mol. The van der Waals surface area contributed by atoms with Crippen molar-refractivity contribution in [3.05, 3.63) is 24.3 Å². The monoisotopic (exact) mass is 297 g/mol. The number of hydrogen-bond donors (Lipinski definition) is 3. The van der Waals surface area contributed by atoms with E-state index in [1.54, 1.807) is 26.1 Å². The molecule has 1 fully saturated rings. The maximum absolute atomic E-state index is 12.0. The van der Waals surface area contributed by atoms with Crippen LogP contribution < -0.4 is 15.4 Å². The number of benzene rings is 1. The second kappa shape index (κ2) is 5.90. The van der Waals surface area contributed by atoms with Crippen LogP contribution in [0.2, 0.25) is 0 Å². The summed E-state index contributed by atoms with van der Waals surface area (Å²) in [5, 5.41) is 5.54. The van der Waals surface area contributed by atoms with Crippen molar-refractivity contribution in [1.29, 1.82) is 0 Å². The van der Waals surface area contributed by atoms with E-state index in [1.165, 1.54) is 12.1 Å². The maximum atomic E-state index is 12.0. The Morgan fingerprint density at radius 2 is 1.85 bits per heavy atom. The lowest BCUT2D eigenvalue weighted by Crippen LogP contribution is -2.35. The largest absolute Gasteiger partial charge is 0.325 e. The van der Waals surface area contributed by atoms with Gasteiger partial charge in [0.25, 0.3) is 0 Å². The zero-order valence-electron chi connectivity index (χ0n) is 11.5. The lowest BCUT2D eigenvalue weighted by atomic mass is 10.3. The van der Waals surface area contributed by atoms with Crippen LogP contribution in [0.3, 0.4) is 0 Å². The van der Waals surface area contributed by atoms with Crippen molar-refractivity contribution >= 4 is 21.6 Å². The van der Waals surface area contributed by atoms with Crippen molar-refractivity contribution in [2.24, 2.45) is 0 Å². The SMILES string of the molecule is CNC(C)C(=O)Nc1ccc(S(=O)(=O)NC2CC2)cc1. The highest BCUT2D eigenvalue weighted by Gasteiger charge is 2.27. The molecule has 0 heterocycles. The topological polar surface area (TPSA) is 87.3 Å². The summed E-state index contributed by atoms with van der Waals surface area (Å²) in [5.41, 5.74) is 0.572. The molecule has 1 atom stereocenters. The first-order chi connectivity index (χ1) is 9.42. The third kappa shape index (κ3) is 3.78. The average molecular weight is 297 g/mol. The Labute approximate surface area is 119 Å². The number of nitrogens with one attached hydrogen (secondary N) is 3. The lowest BCUT2D eigenvalue weighted by molar-refractivity contribution is -0.117. The summed E-state index contributed by atoms with van der Waals surface area (Å²) in [6.07, 6.45) is 1.80. The van der Waals surface area contributed by atoms with E-state index in [0.29, 0.717) is 5.69 Å². The van der Waals surface area contributed by atoms with Gasteiger partial charge in [-0.2, -0.15) is 0 Å². The Morgan fingerprint density at radius 3 is 2.35 bits per heavy atom. The van der Waals surface area contributed by atoms with Crippen LogP contribution in [0.15, 0.2) is 29.2 Å². The molecule has 0 radical (unpaired) electrons. The first-order valence-electron chi connectivity index (χ1n) is 6.53. The molecule has 1 aliphatic carbocycles. The van der Waals surface area contributed by atoms with E-state index >= 15 is 0 Å². The molecule has 1 aromatic carbocycles. The van der Waals surface area contributed by atoms with Gasteiger partial charge in [0.2, 0.25) is 15.9 Å². The fourth-order valence-corrected chi connectivity index (χ4v) is 2.89. The molecule has 7 heteroatoms. The summed E-state index contributed by atoms with van der Waals surface area (Å²) in [5.74, 6) is -0.167. The second-order valence-electron chi connectivity index (χ2n) is 4.92. The van der Waals surface area contributed by atoms with Gasteiger partial charge in [-0.1, -0.05) is 0 Å². The van der Waals surface area contributed by atoms with E-state index < -0.39 is 10.0 Å². The minimum absolute atomic E-state index is 0.0795. The summed E-state index contributed by atoms with van der Waals surface area (Å²) < 4.78 is 26.5. The van der Waals surface area contributed by atoms with E-state index in [2.05, 4.69) is 15.4 Å². The van der Waals surface area contributed by atoms with Gasteiger partial charge < -0.3 is 10.6 Å². The van der Waals surface area contributed by atoms with Crippen LogP contribution in [0.5, 0.6) is 0 Å². The van der Waals surface area contributed by atoms with Gasteiger partial charge in [0.1, 0.15) is 0 Å². The quantitative estimate of drug-likeness (QED) is 0.720. The van der Waals surface area contributed by atoms with Gasteiger partial charge in [0.15, 0.2) is 0 Å². The van der Waals surface area contributed by atoms with Crippen LogP contribution >= 0.6 is 0 Å². The first-order valence-corrected chi connectivity index (χ1v) is 8.01. The molecule has 0 spiro atoms. The number of anilines is 1. The number of amides is 1. The zero-order chi connectivity index (χ0) is 14.8. The molecule has 1 aliphatic rings. The molecule has 1 amide bonds. The molecule has 1 saturated carbocycles. The van der Waals surface area contributed by atoms with E-state index in [0.717, 1.165) is 12.8 Å². The Kier molecular flexibility index (Phi) is 4.42. The Hall–Kier alpha value is -1.44. The van der Waals surface area contributed by atoms with E-state index in [-0.39, 0.29) is 22.9 Å². The minimum atomic E-state index is -3.44. The first kappa shape index (κ1) is 15.0. The van der Waals surface area contributed by atoms with Gasteiger partial charge in [-0.25, -0.2) is 13.1 Å². The van der Waals surface area contributed by atoms with Crippen LogP contribution in [-0.2, 0) is 14.8 Å². The standard InChI is InChI=1S/C13H19N3O3S/c1-9(14-2)13(17)15-10-5-7-12(8-6-10)20(18,19)16-11-3-4-11/h5-9,11,14,16H,3-4H2,1-2H3,(H,15,17). The predicted octanol–water partition coefficient (Wildman–Crippen LogP) is 0.674. The molecule has 0 bridgehead atoms. The fraction of sp³-hybridized carbons (Fsp3) is 0.462. The zero-order valence-corrected chi connectivity index (χ0v) is 12.3. The lowest BCUT2D eigenvalue weighted by Gasteiger charge is -2.11. The van der Waals surface area contributed by atoms with Crippen LogP contribution in [0.4, 0.5) is 5.69 Å². The van der Waals surface area contributed by atoms with Crippen LogP contribution in [0.25, 0.3) is 0 Å². The van der Waals surface area contributed by atoms with Gasteiger partial charge >= 0.3 is 0 Å². The van der Waals surface area contributed by atoms with Gasteiger partial charge in [-0.15, -0.1) is 0 Å². The van der Waals surface area contributed by atoms with E-state index in [4.69, 9.17) is 0 Å². The molecule has 6 nitrogen and oxygen atoms in total. The Morgan fingerprint density at radius 1 is 1.25 bits per heavy atom. The molecule has 110 valence electrons. The van der Waals surface area contributed by atoms with Gasteiger partial charge in [0.05, 0.1) is 10.9 Å². The van der Waals surface area contributed by atoms with E-state index in [9.17, 15) is 13.2 Å². The summed E-state index contributed by atoms with van der Waals surface area (Å²) in [6.45, 7) is 1.74. The van der Waals surface area contributed by atoms with Crippen LogP contribution in [0.1, 0.15) is 19.8 Å². The number of hydrogen-bond acceptors (Lipinski definition) is 4. The molecule has 2 rings (SSSR count). The Bertz CT molecular complexity index is 579. The normalized spacial score (nSPS) is 16.7. The summed E-state index contributed by atoms with van der Waals surface area (Å²) >= 11 is 0. The number of sulfonamides is 1. The van der Waals surface area contributed by atoms with Gasteiger partial charge in [-0.3, -0.25) is 4.79 Å². The molecule has 1 aromatic rings. The minimum Gasteiger partial charge on any atom is -0.325 e. The van der Waals surface area contributed by atoms with Gasteiger partial charge in [-0.05, 0) is 51.1 Å². The van der Waals surface area contributed by atoms with Crippen LogP contribution in [-0.4, -0.2) is 33.5 Å². The van der Waals surface area contributed by atoms with Crippen molar-refractivity contribution < 1.29 is 13.2 Å². The number of rotatable bonds is 6. The summed E-state index contributed by atoms with van der Waals surface area (Å²) in [7, 11) is -1.74. The molecule has 20 heavy (non-hydrogen) atoms. The molecular weight excluding hydrogens is 278 g/mol. The molecule has 1 unspecified atom stereocenters. The third-order valence-electron chi connectivity index (χ3n) is 3.16. The highest BCUT2D eigenvalue weighted by Crippen LogP contribution is 2.22. The number of likely N-dealkylation sites (N-methyl/N-ethyl adjacent to an activating group) is 1. The van der Waals surface area contributed by atoms with Crippen molar-refractivity contribution in [2.45, 2.75) is 36.7 Å². The summed E-state index contributed by atoms with van der Waals surface area (Å²) in [4.78, 5) is 11.9. The molecule has 0 aromatic heterocycles. The van der Waals surface area contributed by atoms with E-state index in [1.807, 2.05) is 0 Å². The smallest absolute Gasteiger partial charge is 0.241 e. The maximum Gasteiger partial charge on any atom is 0.241 e. The number of carbonyl (C=O) groups is 1. The van der Waals surface area contributed by atoms with Crippen molar-refractivity contribution in [3.63, 3.8) is 0 Å². The summed E-state index contributed by atoms with van der Waals surface area (Å²) in [6, 6.07) is 5.92. The molecule has 0 saturated heterocycles. The van der Waals surface area contributed by atoms with Crippen molar-refractivity contribution in [3.8, 4) is 0 Å². The average Bonchev–Trinajstić information content (AvgIpc) is 3.21. The second-order valence-corrected chi connectivity index (χ2v) is 6.63. The number of carbonyl (C=O) groups excluding carboxylic acids is 1. The van der Waals surface area contributed by atoms with Crippen LogP contribution in [0, 0.1) is 0 Å². The highest BCUT2D eigenvalue weighted by molar-refractivity contribution is 7.89. The molecular formula is C13H19N3O3S. The van der Waals surface area contributed by atoms with Crippen molar-refractivity contribution in [1.82, 2.24) is 10.0 Å². The van der Waals surface area contributed by atoms with Crippen molar-refractivity contribution in [2.75, 3.05) is 12.4 Å².